The molecule has 2 N–H and O–H groups in total. The summed E-state index contributed by atoms with van der Waals surface area (Å²) in [5, 5.41) is 15.8. The number of hydrogen-bond donors (Lipinski definition) is 2. The van der Waals surface area contributed by atoms with E-state index in [0.29, 0.717) is 11.0 Å². The van der Waals surface area contributed by atoms with Crippen LogP contribution in [0.5, 0.6) is 0 Å². The van der Waals surface area contributed by atoms with E-state index >= 15 is 0 Å². The van der Waals surface area contributed by atoms with Crippen LogP contribution in [0, 0.1) is 25.7 Å². The smallest absolute Gasteiger partial charge is 0.229 e. The molecule has 1 aromatic carbocycles. The number of anilines is 1. The van der Waals surface area contributed by atoms with Crippen molar-refractivity contribution in [2.45, 2.75) is 20.8 Å². The second-order valence-electron chi connectivity index (χ2n) is 5.93. The molecule has 1 fully saturated rings. The molecule has 0 aliphatic carbocycles. The van der Waals surface area contributed by atoms with Crippen LogP contribution in [0.2, 0.25) is 0 Å². The summed E-state index contributed by atoms with van der Waals surface area (Å²) >= 11 is 1.42. The summed E-state index contributed by atoms with van der Waals surface area (Å²) in [6.07, 6.45) is 0. The van der Waals surface area contributed by atoms with Gasteiger partial charge >= 0.3 is 0 Å². The number of aromatic nitrogens is 2. The minimum Gasteiger partial charge on any atom is -0.316 e. The van der Waals surface area contributed by atoms with Gasteiger partial charge in [0.15, 0.2) is 0 Å². The van der Waals surface area contributed by atoms with Crippen molar-refractivity contribution in [2.24, 2.45) is 11.8 Å². The first-order valence-corrected chi connectivity index (χ1v) is 8.29. The van der Waals surface area contributed by atoms with Gasteiger partial charge < -0.3 is 10.6 Å². The summed E-state index contributed by atoms with van der Waals surface area (Å²) in [5.74, 6) is 0.441. The molecular weight excluding hydrogens is 296 g/mol. The molecule has 1 saturated heterocycles. The first kappa shape index (κ1) is 15.1. The molecule has 2 heterocycles. The van der Waals surface area contributed by atoms with Crippen LogP contribution in [0.25, 0.3) is 10.6 Å². The third-order valence-electron chi connectivity index (χ3n) is 4.20. The minimum atomic E-state index is -0.00490. The van der Waals surface area contributed by atoms with E-state index in [0.717, 1.165) is 23.7 Å². The zero-order chi connectivity index (χ0) is 15.7. The van der Waals surface area contributed by atoms with Crippen LogP contribution < -0.4 is 10.6 Å². The van der Waals surface area contributed by atoms with Gasteiger partial charge in [0.05, 0.1) is 0 Å². The summed E-state index contributed by atoms with van der Waals surface area (Å²) in [5.41, 5.74) is 3.46. The highest BCUT2D eigenvalue weighted by Gasteiger charge is 2.29. The van der Waals surface area contributed by atoms with Crippen LogP contribution in [-0.2, 0) is 4.79 Å². The largest absolute Gasteiger partial charge is 0.316 e. The fourth-order valence-electron chi connectivity index (χ4n) is 2.53. The first-order valence-electron chi connectivity index (χ1n) is 7.47. The third kappa shape index (κ3) is 3.03. The van der Waals surface area contributed by atoms with Crippen molar-refractivity contribution in [3.05, 3.63) is 29.3 Å². The number of nitrogens with one attached hydrogen (secondary N) is 2. The predicted octanol–water partition coefficient (Wildman–Crippen LogP) is 2.62. The quantitative estimate of drug-likeness (QED) is 0.910. The summed E-state index contributed by atoms with van der Waals surface area (Å²) in [4.78, 5) is 12.2. The van der Waals surface area contributed by atoms with Gasteiger partial charge in [-0.15, -0.1) is 10.2 Å². The normalized spacial score (nSPS) is 16.1. The Balaban J connectivity index is 1.72. The van der Waals surface area contributed by atoms with Gasteiger partial charge in [-0.3, -0.25) is 4.79 Å². The average Bonchev–Trinajstić information content (AvgIpc) is 2.84. The van der Waals surface area contributed by atoms with Crippen molar-refractivity contribution >= 4 is 22.4 Å². The molecule has 116 valence electrons. The number of carbonyl (C=O) groups is 1. The minimum absolute atomic E-state index is 0.00490. The van der Waals surface area contributed by atoms with Crippen molar-refractivity contribution in [2.75, 3.05) is 18.4 Å². The molecule has 0 saturated carbocycles. The Morgan fingerprint density at radius 1 is 1.36 bits per heavy atom. The molecule has 5 nitrogen and oxygen atoms in total. The van der Waals surface area contributed by atoms with E-state index in [4.69, 9.17) is 0 Å². The lowest BCUT2D eigenvalue weighted by molar-refractivity contribution is -0.121. The molecule has 3 rings (SSSR count). The van der Waals surface area contributed by atoms with E-state index in [9.17, 15) is 4.79 Å². The van der Waals surface area contributed by atoms with Crippen molar-refractivity contribution < 1.29 is 4.79 Å². The van der Waals surface area contributed by atoms with Crippen LogP contribution in [0.1, 0.15) is 18.1 Å². The molecule has 6 heteroatoms. The molecule has 22 heavy (non-hydrogen) atoms. The Morgan fingerprint density at radius 3 is 2.77 bits per heavy atom. The van der Waals surface area contributed by atoms with E-state index in [1.165, 1.54) is 22.5 Å². The number of carbonyl (C=O) groups excluding carboxylic acids is 1. The maximum absolute atomic E-state index is 12.2. The predicted molar refractivity (Wildman–Crippen MR) is 89.0 cm³/mol. The molecule has 0 spiro atoms. The molecule has 1 amide bonds. The Kier molecular flexibility index (Phi) is 4.22. The molecule has 1 atom stereocenters. The van der Waals surface area contributed by atoms with Gasteiger partial charge in [0.25, 0.3) is 0 Å². The van der Waals surface area contributed by atoms with Gasteiger partial charge in [-0.05, 0) is 38.4 Å². The molecule has 1 unspecified atom stereocenters. The van der Waals surface area contributed by atoms with Gasteiger partial charge in [-0.1, -0.05) is 42.0 Å². The molecule has 1 aliphatic rings. The lowest BCUT2D eigenvalue weighted by Crippen LogP contribution is -2.48. The highest BCUT2D eigenvalue weighted by Crippen LogP contribution is 2.30. The zero-order valence-corrected chi connectivity index (χ0v) is 13.8. The fourth-order valence-corrected chi connectivity index (χ4v) is 3.37. The molecular formula is C16H20N4OS. The van der Waals surface area contributed by atoms with E-state index < -0.39 is 0 Å². The van der Waals surface area contributed by atoms with Gasteiger partial charge in [0.2, 0.25) is 11.0 Å². The van der Waals surface area contributed by atoms with Gasteiger partial charge in [-0.25, -0.2) is 0 Å². The molecule has 0 radical (unpaired) electrons. The SMILES string of the molecule is Cc1ccc(-c2nnc(NC(=O)C(C)C3CNC3)s2)c(C)c1. The van der Waals surface area contributed by atoms with Crippen LogP contribution in [0.15, 0.2) is 18.2 Å². The van der Waals surface area contributed by atoms with Crippen LogP contribution in [0.3, 0.4) is 0 Å². The van der Waals surface area contributed by atoms with Crippen LogP contribution in [0.4, 0.5) is 5.13 Å². The van der Waals surface area contributed by atoms with E-state index in [1.54, 1.807) is 0 Å². The molecule has 0 bridgehead atoms. The third-order valence-corrected chi connectivity index (χ3v) is 5.07. The Bertz CT molecular complexity index is 693. The first-order chi connectivity index (χ1) is 10.5. The second kappa shape index (κ2) is 6.14. The highest BCUT2D eigenvalue weighted by atomic mass is 32.1. The van der Waals surface area contributed by atoms with Crippen molar-refractivity contribution in [1.29, 1.82) is 0 Å². The van der Waals surface area contributed by atoms with Crippen molar-refractivity contribution in [1.82, 2.24) is 15.5 Å². The highest BCUT2D eigenvalue weighted by molar-refractivity contribution is 7.18. The number of amides is 1. The fraction of sp³-hybridized carbons (Fsp3) is 0.438. The maximum atomic E-state index is 12.2. The zero-order valence-electron chi connectivity index (χ0n) is 13.0. The summed E-state index contributed by atoms with van der Waals surface area (Å²) in [6.45, 7) is 7.93. The molecule has 1 aliphatic heterocycles. The maximum Gasteiger partial charge on any atom is 0.229 e. The Labute approximate surface area is 134 Å². The Morgan fingerprint density at radius 2 is 2.14 bits per heavy atom. The lowest BCUT2D eigenvalue weighted by Gasteiger charge is -2.31. The summed E-state index contributed by atoms with van der Waals surface area (Å²) in [6, 6.07) is 6.24. The van der Waals surface area contributed by atoms with Gasteiger partial charge in [-0.2, -0.15) is 0 Å². The summed E-state index contributed by atoms with van der Waals surface area (Å²) in [7, 11) is 0. The van der Waals surface area contributed by atoms with Crippen molar-refractivity contribution in [3.63, 3.8) is 0 Å². The lowest BCUT2D eigenvalue weighted by atomic mass is 9.88. The van der Waals surface area contributed by atoms with E-state index in [2.05, 4.69) is 52.9 Å². The molecule has 1 aromatic heterocycles. The van der Waals surface area contributed by atoms with E-state index in [-0.39, 0.29) is 11.8 Å². The number of hydrogen-bond acceptors (Lipinski definition) is 5. The van der Waals surface area contributed by atoms with Crippen LogP contribution in [-0.4, -0.2) is 29.2 Å². The monoisotopic (exact) mass is 316 g/mol. The van der Waals surface area contributed by atoms with E-state index in [1.807, 2.05) is 6.92 Å². The Hall–Kier alpha value is -1.79. The number of aryl methyl sites for hydroxylation is 2. The standard InChI is InChI=1S/C16H20N4OS/c1-9-4-5-13(10(2)6-9)15-19-20-16(22-15)18-14(21)11(3)12-7-17-8-12/h4-6,11-12,17H,7-8H2,1-3H3,(H,18,20,21). The number of nitrogens with zero attached hydrogens (tertiary/aromatic N) is 2. The number of benzene rings is 1. The topological polar surface area (TPSA) is 66.9 Å². The van der Waals surface area contributed by atoms with Crippen LogP contribution >= 0.6 is 11.3 Å². The number of rotatable bonds is 4. The second-order valence-corrected chi connectivity index (χ2v) is 6.90. The van der Waals surface area contributed by atoms with Crippen molar-refractivity contribution in [3.8, 4) is 10.6 Å². The van der Waals surface area contributed by atoms with Gasteiger partial charge in [0, 0.05) is 11.5 Å². The van der Waals surface area contributed by atoms with Gasteiger partial charge in [0.1, 0.15) is 5.01 Å². The summed E-state index contributed by atoms with van der Waals surface area (Å²) < 4.78 is 0. The molecule has 2 aromatic rings. The average molecular weight is 316 g/mol.